The van der Waals surface area contributed by atoms with E-state index in [1.165, 1.54) is 24.3 Å². The smallest absolute Gasteiger partial charge is 0.319 e. The number of carbonyl (C=O) groups is 1. The molecule has 4 rings (SSSR count). The van der Waals surface area contributed by atoms with Crippen molar-refractivity contribution in [2.75, 3.05) is 18.7 Å². The van der Waals surface area contributed by atoms with Crippen LogP contribution in [0.2, 0.25) is 5.02 Å². The third-order valence-electron chi connectivity index (χ3n) is 5.64. The summed E-state index contributed by atoms with van der Waals surface area (Å²) in [6.07, 6.45) is -0.706. The highest BCUT2D eigenvalue weighted by atomic mass is 35.5. The number of halogens is 5. The van der Waals surface area contributed by atoms with Crippen molar-refractivity contribution in [2.45, 2.75) is 37.0 Å². The molecule has 1 aliphatic carbocycles. The lowest BCUT2D eigenvalue weighted by Gasteiger charge is -2.39. The van der Waals surface area contributed by atoms with Crippen molar-refractivity contribution >= 4 is 23.3 Å². The van der Waals surface area contributed by atoms with Crippen molar-refractivity contribution in [2.24, 2.45) is 0 Å². The van der Waals surface area contributed by atoms with Crippen LogP contribution in [-0.4, -0.2) is 36.2 Å². The van der Waals surface area contributed by atoms with Crippen LogP contribution >= 0.6 is 11.6 Å². The summed E-state index contributed by atoms with van der Waals surface area (Å²) < 4.78 is 61.0. The number of nitrogens with one attached hydrogen (secondary N) is 2. The van der Waals surface area contributed by atoms with Crippen LogP contribution in [0.25, 0.3) is 0 Å². The zero-order valence-corrected chi connectivity index (χ0v) is 16.9. The molecule has 0 radical (unpaired) electrons. The van der Waals surface area contributed by atoms with E-state index in [9.17, 15) is 27.5 Å². The summed E-state index contributed by atoms with van der Waals surface area (Å²) in [5, 5.41) is 14.7. The fourth-order valence-corrected chi connectivity index (χ4v) is 4.24. The third-order valence-corrected chi connectivity index (χ3v) is 5.94. The van der Waals surface area contributed by atoms with Crippen molar-refractivity contribution in [3.05, 3.63) is 57.6 Å². The first kappa shape index (κ1) is 21.7. The zero-order valence-electron chi connectivity index (χ0n) is 16.2. The molecule has 1 heterocycles. The standard InChI is InChI=1S/C21H19ClF4N2O3/c22-14-2-1-11-17(7-21(8-23,9-24)31-19(11)18(14)26)28-20(30)27-16-4-3-15(25)12-5-10(29)6-13(12)16/h1-4,10,17,29H,5-9H2,(H2,27,28,30)/t10-,17-/m1/s1. The van der Waals surface area contributed by atoms with Crippen LogP contribution in [0.4, 0.5) is 28.0 Å². The van der Waals surface area contributed by atoms with Crippen LogP contribution in [0.1, 0.15) is 29.2 Å². The second-order valence-electron chi connectivity index (χ2n) is 7.80. The van der Waals surface area contributed by atoms with E-state index in [2.05, 4.69) is 10.6 Å². The van der Waals surface area contributed by atoms with Crippen LogP contribution in [0.5, 0.6) is 5.75 Å². The van der Waals surface area contributed by atoms with Crippen molar-refractivity contribution in [3.63, 3.8) is 0 Å². The van der Waals surface area contributed by atoms with Crippen molar-refractivity contribution < 1.29 is 32.2 Å². The van der Waals surface area contributed by atoms with Crippen molar-refractivity contribution in [1.29, 1.82) is 0 Å². The summed E-state index contributed by atoms with van der Waals surface area (Å²) in [5.41, 5.74) is -0.656. The zero-order chi connectivity index (χ0) is 22.3. The largest absolute Gasteiger partial charge is 0.478 e. The Hall–Kier alpha value is -2.52. The monoisotopic (exact) mass is 458 g/mol. The van der Waals surface area contributed by atoms with Crippen LogP contribution in [0, 0.1) is 11.6 Å². The lowest BCUT2D eigenvalue weighted by Crippen LogP contribution is -2.49. The predicted octanol–water partition coefficient (Wildman–Crippen LogP) is 4.40. The van der Waals surface area contributed by atoms with Gasteiger partial charge in [-0.05, 0) is 29.3 Å². The summed E-state index contributed by atoms with van der Waals surface area (Å²) in [5.74, 6) is -1.85. The average molecular weight is 459 g/mol. The second-order valence-corrected chi connectivity index (χ2v) is 8.21. The molecule has 5 nitrogen and oxygen atoms in total. The maximum Gasteiger partial charge on any atom is 0.319 e. The molecule has 0 unspecified atom stereocenters. The highest BCUT2D eigenvalue weighted by Crippen LogP contribution is 2.43. The maximum absolute atomic E-state index is 14.5. The number of ether oxygens (including phenoxy) is 1. The third kappa shape index (κ3) is 3.92. The Balaban J connectivity index is 1.60. The minimum absolute atomic E-state index is 0.140. The number of alkyl halides is 2. The average Bonchev–Trinajstić information content (AvgIpc) is 3.15. The molecule has 0 bridgehead atoms. The molecule has 0 saturated carbocycles. The summed E-state index contributed by atoms with van der Waals surface area (Å²) in [6.45, 7) is -2.48. The number of fused-ring (bicyclic) bond motifs is 2. The summed E-state index contributed by atoms with van der Waals surface area (Å²) >= 11 is 5.77. The van der Waals surface area contributed by atoms with E-state index in [-0.39, 0.29) is 29.8 Å². The lowest BCUT2D eigenvalue weighted by molar-refractivity contribution is -0.0137. The van der Waals surface area contributed by atoms with Crippen molar-refractivity contribution in [3.8, 4) is 5.75 Å². The maximum atomic E-state index is 14.5. The number of anilines is 1. The Morgan fingerprint density at radius 2 is 1.87 bits per heavy atom. The van der Waals surface area contributed by atoms with Gasteiger partial charge in [0, 0.05) is 30.5 Å². The highest BCUT2D eigenvalue weighted by molar-refractivity contribution is 6.30. The SMILES string of the molecule is O=C(Nc1ccc(F)c2c1C[C@H](O)C2)N[C@@H]1CC(CF)(CF)Oc2c1ccc(Cl)c2F. The summed E-state index contributed by atoms with van der Waals surface area (Å²) in [6, 6.07) is 3.52. The van der Waals surface area contributed by atoms with Gasteiger partial charge in [-0.2, -0.15) is 0 Å². The van der Waals surface area contributed by atoms with Gasteiger partial charge in [-0.15, -0.1) is 0 Å². The molecule has 0 aromatic heterocycles. The lowest BCUT2D eigenvalue weighted by atomic mass is 9.88. The summed E-state index contributed by atoms with van der Waals surface area (Å²) in [4.78, 5) is 12.7. The Kier molecular flexibility index (Phi) is 5.74. The topological polar surface area (TPSA) is 70.6 Å². The quantitative estimate of drug-likeness (QED) is 0.595. The Labute approximate surface area is 180 Å². The Bertz CT molecular complexity index is 1030. The van der Waals surface area contributed by atoms with Gasteiger partial charge in [0.25, 0.3) is 0 Å². The highest BCUT2D eigenvalue weighted by Gasteiger charge is 2.44. The summed E-state index contributed by atoms with van der Waals surface area (Å²) in [7, 11) is 0. The van der Waals surface area contributed by atoms with Crippen LogP contribution in [0.15, 0.2) is 24.3 Å². The van der Waals surface area contributed by atoms with Gasteiger partial charge in [-0.25, -0.2) is 22.4 Å². The molecule has 2 aromatic carbocycles. The molecule has 0 saturated heterocycles. The molecule has 2 amide bonds. The Morgan fingerprint density at radius 3 is 2.58 bits per heavy atom. The van der Waals surface area contributed by atoms with E-state index >= 15 is 0 Å². The number of benzene rings is 2. The molecule has 2 aromatic rings. The molecular formula is C21H19ClF4N2O3. The van der Waals surface area contributed by atoms with Gasteiger partial charge in [-0.1, -0.05) is 17.7 Å². The number of rotatable bonds is 4. The molecule has 31 heavy (non-hydrogen) atoms. The normalized spacial score (nSPS) is 21.1. The van der Waals surface area contributed by atoms with Crippen molar-refractivity contribution in [1.82, 2.24) is 5.32 Å². The van der Waals surface area contributed by atoms with Gasteiger partial charge in [-0.3, -0.25) is 0 Å². The van der Waals surface area contributed by atoms with E-state index in [1.54, 1.807) is 0 Å². The van der Waals surface area contributed by atoms with Gasteiger partial charge in [0.05, 0.1) is 17.2 Å². The first-order valence-corrected chi connectivity index (χ1v) is 9.99. The minimum Gasteiger partial charge on any atom is -0.478 e. The fraction of sp³-hybridized carbons (Fsp3) is 0.381. The number of hydrogen-bond acceptors (Lipinski definition) is 3. The van der Waals surface area contributed by atoms with E-state index in [4.69, 9.17) is 16.3 Å². The molecule has 166 valence electrons. The molecule has 1 aliphatic heterocycles. The van der Waals surface area contributed by atoms with E-state index in [1.807, 2.05) is 0 Å². The van der Waals surface area contributed by atoms with Gasteiger partial charge < -0.3 is 20.5 Å². The fourth-order valence-electron chi connectivity index (χ4n) is 4.09. The van der Waals surface area contributed by atoms with Gasteiger partial charge in [0.15, 0.2) is 17.2 Å². The second kappa shape index (κ2) is 8.20. The molecule has 2 atom stereocenters. The van der Waals surface area contributed by atoms with Gasteiger partial charge >= 0.3 is 6.03 Å². The number of carbonyl (C=O) groups excluding carboxylic acids is 1. The number of aliphatic hydroxyl groups is 1. The van der Waals surface area contributed by atoms with Crippen LogP contribution in [-0.2, 0) is 12.8 Å². The predicted molar refractivity (Wildman–Crippen MR) is 106 cm³/mol. The molecule has 10 heteroatoms. The van der Waals surface area contributed by atoms with Gasteiger partial charge in [0.2, 0.25) is 0 Å². The van der Waals surface area contributed by atoms with E-state index < -0.39 is 54.5 Å². The van der Waals surface area contributed by atoms with Gasteiger partial charge in [0.1, 0.15) is 19.2 Å². The molecule has 2 aliphatic rings. The Morgan fingerprint density at radius 1 is 1.16 bits per heavy atom. The molecule has 0 spiro atoms. The minimum atomic E-state index is -1.96. The first-order valence-electron chi connectivity index (χ1n) is 9.61. The van der Waals surface area contributed by atoms with Crippen LogP contribution in [0.3, 0.4) is 0 Å². The first-order chi connectivity index (χ1) is 14.8. The molecular weight excluding hydrogens is 440 g/mol. The van der Waals surface area contributed by atoms with E-state index in [0.29, 0.717) is 16.8 Å². The number of hydrogen-bond donors (Lipinski definition) is 3. The number of aliphatic hydroxyl groups excluding tert-OH is 1. The number of urea groups is 1. The molecule has 3 N–H and O–H groups in total. The number of amides is 2. The van der Waals surface area contributed by atoms with Crippen LogP contribution < -0.4 is 15.4 Å². The molecule has 0 fully saturated rings. The van der Waals surface area contributed by atoms with E-state index in [0.717, 1.165) is 0 Å².